The Morgan fingerprint density at radius 1 is 0.880 bits per heavy atom. The molecule has 0 aliphatic carbocycles. The van der Waals surface area contributed by atoms with Crippen LogP contribution in [0.3, 0.4) is 0 Å². The van der Waals surface area contributed by atoms with Crippen molar-refractivity contribution in [3.63, 3.8) is 0 Å². The van der Waals surface area contributed by atoms with E-state index in [1.807, 2.05) is 36.4 Å². The number of anilines is 1. The van der Waals surface area contributed by atoms with Crippen molar-refractivity contribution in [2.45, 2.75) is 45.6 Å². The molecule has 2 aromatic carbocycles. The summed E-state index contributed by atoms with van der Waals surface area (Å²) in [4.78, 5) is 24.5. The first kappa shape index (κ1) is 18.7. The lowest BCUT2D eigenvalue weighted by Crippen LogP contribution is -2.24. The Morgan fingerprint density at radius 3 is 2.36 bits per heavy atom. The van der Waals surface area contributed by atoms with Crippen molar-refractivity contribution in [2.24, 2.45) is 0 Å². The van der Waals surface area contributed by atoms with Crippen molar-refractivity contribution in [3.8, 4) is 0 Å². The number of nitrogens with one attached hydrogen (secondary N) is 2. The van der Waals surface area contributed by atoms with Crippen LogP contribution in [0.1, 0.15) is 54.9 Å². The van der Waals surface area contributed by atoms with Gasteiger partial charge in [0.25, 0.3) is 5.91 Å². The maximum atomic E-state index is 12.5. The lowest BCUT2D eigenvalue weighted by Gasteiger charge is -2.11. The van der Waals surface area contributed by atoms with Crippen LogP contribution in [0, 0.1) is 0 Å². The Bertz CT molecular complexity index is 683. The fourth-order valence-electron chi connectivity index (χ4n) is 2.59. The van der Waals surface area contributed by atoms with Crippen LogP contribution in [0.25, 0.3) is 0 Å². The topological polar surface area (TPSA) is 58.2 Å². The van der Waals surface area contributed by atoms with Crippen molar-refractivity contribution >= 4 is 17.5 Å². The molecule has 4 nitrogen and oxygen atoms in total. The number of carbonyl (C=O) groups is 2. The zero-order chi connectivity index (χ0) is 17.9. The lowest BCUT2D eigenvalue weighted by molar-refractivity contribution is -0.116. The summed E-state index contributed by atoms with van der Waals surface area (Å²) < 4.78 is 0. The predicted molar refractivity (Wildman–Crippen MR) is 101 cm³/mol. The third-order valence-corrected chi connectivity index (χ3v) is 4.00. The number of benzene rings is 2. The van der Waals surface area contributed by atoms with Gasteiger partial charge in [0.05, 0.1) is 11.3 Å². The summed E-state index contributed by atoms with van der Waals surface area (Å²) in [5.74, 6) is -0.231. The second-order valence-corrected chi connectivity index (χ2v) is 6.07. The summed E-state index contributed by atoms with van der Waals surface area (Å²) >= 11 is 0. The van der Waals surface area contributed by atoms with Crippen LogP contribution in [-0.4, -0.2) is 11.8 Å². The van der Waals surface area contributed by atoms with Crippen LogP contribution in [0.15, 0.2) is 54.6 Å². The monoisotopic (exact) mass is 338 g/mol. The molecule has 2 N–H and O–H groups in total. The number of unbranched alkanes of at least 4 members (excludes halogenated alkanes) is 3. The van der Waals surface area contributed by atoms with E-state index < -0.39 is 0 Å². The molecule has 0 radical (unpaired) electrons. The first-order valence-electron chi connectivity index (χ1n) is 8.91. The third-order valence-electron chi connectivity index (χ3n) is 4.00. The minimum Gasteiger partial charge on any atom is -0.348 e. The van der Waals surface area contributed by atoms with Crippen molar-refractivity contribution in [1.82, 2.24) is 5.32 Å². The van der Waals surface area contributed by atoms with E-state index in [1.54, 1.807) is 18.2 Å². The van der Waals surface area contributed by atoms with Crippen molar-refractivity contribution in [1.29, 1.82) is 0 Å². The van der Waals surface area contributed by atoms with Gasteiger partial charge in [0, 0.05) is 13.0 Å². The summed E-state index contributed by atoms with van der Waals surface area (Å²) in [5, 5.41) is 5.77. The van der Waals surface area contributed by atoms with Crippen molar-refractivity contribution in [3.05, 3.63) is 65.7 Å². The van der Waals surface area contributed by atoms with Gasteiger partial charge in [-0.3, -0.25) is 9.59 Å². The van der Waals surface area contributed by atoms with E-state index in [9.17, 15) is 9.59 Å². The molecule has 0 spiro atoms. The molecule has 0 bridgehead atoms. The second kappa shape index (κ2) is 10.3. The lowest BCUT2D eigenvalue weighted by atomic mass is 10.1. The molecule has 0 fully saturated rings. The van der Waals surface area contributed by atoms with Crippen LogP contribution in [0.2, 0.25) is 0 Å². The molecule has 2 rings (SSSR count). The number of para-hydroxylation sites is 1. The van der Waals surface area contributed by atoms with Gasteiger partial charge in [-0.05, 0) is 24.1 Å². The largest absolute Gasteiger partial charge is 0.348 e. The first-order valence-corrected chi connectivity index (χ1v) is 8.91. The van der Waals surface area contributed by atoms with Crippen LogP contribution in [0.4, 0.5) is 5.69 Å². The van der Waals surface area contributed by atoms with Crippen molar-refractivity contribution < 1.29 is 9.59 Å². The summed E-state index contributed by atoms with van der Waals surface area (Å²) in [6, 6.07) is 16.9. The molecule has 0 unspecified atom stereocenters. The average molecular weight is 338 g/mol. The minimum absolute atomic E-state index is 0.0422. The fourth-order valence-corrected chi connectivity index (χ4v) is 2.59. The number of rotatable bonds is 9. The summed E-state index contributed by atoms with van der Waals surface area (Å²) in [5.41, 5.74) is 2.09. The summed E-state index contributed by atoms with van der Waals surface area (Å²) in [7, 11) is 0. The smallest absolute Gasteiger partial charge is 0.253 e. The van der Waals surface area contributed by atoms with Crippen LogP contribution in [0.5, 0.6) is 0 Å². The van der Waals surface area contributed by atoms with Crippen LogP contribution >= 0.6 is 0 Å². The Morgan fingerprint density at radius 2 is 1.60 bits per heavy atom. The van der Waals surface area contributed by atoms with E-state index in [0.717, 1.165) is 31.2 Å². The standard InChI is InChI=1S/C21H26N2O2/c1-2-3-4-8-15-20(24)23-19-14-10-9-13-18(19)21(25)22-16-17-11-6-5-7-12-17/h5-7,9-14H,2-4,8,15-16H2,1H3,(H,22,25)(H,23,24). The highest BCUT2D eigenvalue weighted by molar-refractivity contribution is 6.03. The van der Waals surface area contributed by atoms with Crippen LogP contribution in [-0.2, 0) is 11.3 Å². The van der Waals surface area contributed by atoms with E-state index in [4.69, 9.17) is 0 Å². The molecule has 0 aliphatic rings. The van der Waals surface area contributed by atoms with Gasteiger partial charge < -0.3 is 10.6 Å². The zero-order valence-corrected chi connectivity index (χ0v) is 14.8. The highest BCUT2D eigenvalue weighted by atomic mass is 16.2. The van der Waals surface area contributed by atoms with E-state index in [-0.39, 0.29) is 11.8 Å². The molecule has 0 saturated carbocycles. The molecule has 0 aromatic heterocycles. The molecular weight excluding hydrogens is 312 g/mol. The molecular formula is C21H26N2O2. The highest BCUT2D eigenvalue weighted by Gasteiger charge is 2.12. The zero-order valence-electron chi connectivity index (χ0n) is 14.8. The molecule has 0 atom stereocenters. The Kier molecular flexibility index (Phi) is 7.70. The average Bonchev–Trinajstić information content (AvgIpc) is 2.64. The third kappa shape index (κ3) is 6.42. The highest BCUT2D eigenvalue weighted by Crippen LogP contribution is 2.16. The summed E-state index contributed by atoms with van der Waals surface area (Å²) in [6.07, 6.45) is 4.71. The normalized spacial score (nSPS) is 10.3. The molecule has 4 heteroatoms. The van der Waals surface area contributed by atoms with Gasteiger partial charge in [0.15, 0.2) is 0 Å². The maximum absolute atomic E-state index is 12.5. The van der Waals surface area contributed by atoms with E-state index >= 15 is 0 Å². The van der Waals surface area contributed by atoms with E-state index in [1.165, 1.54) is 0 Å². The fraction of sp³-hybridized carbons (Fsp3) is 0.333. The Balaban J connectivity index is 1.92. The van der Waals surface area contributed by atoms with Gasteiger partial charge in [-0.15, -0.1) is 0 Å². The molecule has 0 saturated heterocycles. The van der Waals surface area contributed by atoms with Gasteiger partial charge in [-0.2, -0.15) is 0 Å². The molecule has 25 heavy (non-hydrogen) atoms. The maximum Gasteiger partial charge on any atom is 0.253 e. The number of hydrogen-bond donors (Lipinski definition) is 2. The number of hydrogen-bond acceptors (Lipinski definition) is 2. The Hall–Kier alpha value is -2.62. The van der Waals surface area contributed by atoms with E-state index in [2.05, 4.69) is 17.6 Å². The summed E-state index contributed by atoms with van der Waals surface area (Å²) in [6.45, 7) is 2.60. The van der Waals surface area contributed by atoms with Gasteiger partial charge >= 0.3 is 0 Å². The number of amides is 2. The second-order valence-electron chi connectivity index (χ2n) is 6.07. The molecule has 2 aromatic rings. The molecule has 0 heterocycles. The van der Waals surface area contributed by atoms with Gasteiger partial charge in [0.2, 0.25) is 5.91 Å². The Labute approximate surface area is 149 Å². The van der Waals surface area contributed by atoms with Gasteiger partial charge in [0.1, 0.15) is 0 Å². The van der Waals surface area contributed by atoms with Gasteiger partial charge in [-0.25, -0.2) is 0 Å². The van der Waals surface area contributed by atoms with Crippen molar-refractivity contribution in [2.75, 3.05) is 5.32 Å². The molecule has 132 valence electrons. The van der Waals surface area contributed by atoms with Crippen LogP contribution < -0.4 is 10.6 Å². The quantitative estimate of drug-likeness (QED) is 0.660. The molecule has 2 amide bonds. The molecule has 0 aliphatic heterocycles. The van der Waals surface area contributed by atoms with Gasteiger partial charge in [-0.1, -0.05) is 68.7 Å². The van der Waals surface area contributed by atoms with E-state index in [0.29, 0.717) is 24.2 Å². The predicted octanol–water partition coefficient (Wildman–Crippen LogP) is 4.53. The SMILES string of the molecule is CCCCCCC(=O)Nc1ccccc1C(=O)NCc1ccccc1. The first-order chi connectivity index (χ1) is 12.2. The number of carbonyl (C=O) groups excluding carboxylic acids is 2. The minimum atomic E-state index is -0.189.